The van der Waals surface area contributed by atoms with Gasteiger partial charge in [0.15, 0.2) is 0 Å². The van der Waals surface area contributed by atoms with Gasteiger partial charge in [-0.1, -0.05) is 18.2 Å². The van der Waals surface area contributed by atoms with Crippen molar-refractivity contribution in [2.24, 2.45) is 0 Å². The van der Waals surface area contributed by atoms with Gasteiger partial charge in [-0.2, -0.15) is 0 Å². The van der Waals surface area contributed by atoms with Gasteiger partial charge in [-0.15, -0.1) is 24.5 Å². The first-order chi connectivity index (χ1) is 14.1. The van der Waals surface area contributed by atoms with Crippen LogP contribution in [0.3, 0.4) is 0 Å². The maximum atomic E-state index is 12.5. The maximum Gasteiger partial charge on any atom is 0.573 e. The fraction of sp³-hybridized carbons (Fsp3) is 0.105. The molecule has 0 bridgehead atoms. The zero-order chi connectivity index (χ0) is 21.8. The number of amides is 1. The van der Waals surface area contributed by atoms with Crippen LogP contribution in [0.4, 0.5) is 18.9 Å². The summed E-state index contributed by atoms with van der Waals surface area (Å²) in [6, 6.07) is 13.7. The molecule has 0 unspecified atom stereocenters. The molecule has 30 heavy (non-hydrogen) atoms. The fourth-order valence-electron chi connectivity index (χ4n) is 2.44. The molecule has 0 atom stereocenters. The van der Waals surface area contributed by atoms with Gasteiger partial charge < -0.3 is 10.1 Å². The summed E-state index contributed by atoms with van der Waals surface area (Å²) >= 11 is 1.40. The standard InChI is InChI=1S/C19H15F3N2O4S2/c20-19(21,22)28-15-6-2-5-14(11-15)24-18(25)13-4-1-8-17(10-13)30(26,27)23-12-16-7-3-9-29-16/h1-11,23H,12H2,(H,24,25). The average molecular weight is 456 g/mol. The van der Waals surface area contributed by atoms with Gasteiger partial charge in [0, 0.05) is 28.7 Å². The molecule has 0 aliphatic heterocycles. The van der Waals surface area contributed by atoms with Gasteiger partial charge in [0.25, 0.3) is 5.91 Å². The van der Waals surface area contributed by atoms with E-state index in [1.165, 1.54) is 47.7 Å². The Labute approximate surface area is 174 Å². The normalized spacial score (nSPS) is 11.8. The second-order valence-corrected chi connectivity index (χ2v) is 8.76. The lowest BCUT2D eigenvalue weighted by atomic mass is 10.2. The van der Waals surface area contributed by atoms with Crippen LogP contribution in [0.25, 0.3) is 0 Å². The number of sulfonamides is 1. The molecule has 0 aliphatic rings. The van der Waals surface area contributed by atoms with Gasteiger partial charge in [0.2, 0.25) is 10.0 Å². The van der Waals surface area contributed by atoms with Crippen LogP contribution in [-0.2, 0) is 16.6 Å². The van der Waals surface area contributed by atoms with Crippen LogP contribution in [0, 0.1) is 0 Å². The third kappa shape index (κ3) is 6.05. The predicted octanol–water partition coefficient (Wildman–Crippen LogP) is 4.38. The molecule has 1 heterocycles. The van der Waals surface area contributed by atoms with E-state index < -0.39 is 28.0 Å². The first kappa shape index (κ1) is 21.8. The molecule has 11 heteroatoms. The molecule has 0 saturated carbocycles. The Morgan fingerprint density at radius 1 is 1.03 bits per heavy atom. The fourth-order valence-corrected chi connectivity index (χ4v) is 4.23. The van der Waals surface area contributed by atoms with E-state index in [2.05, 4.69) is 14.8 Å². The number of anilines is 1. The lowest BCUT2D eigenvalue weighted by molar-refractivity contribution is -0.274. The van der Waals surface area contributed by atoms with Crippen molar-refractivity contribution < 1.29 is 31.1 Å². The lowest BCUT2D eigenvalue weighted by Gasteiger charge is -2.11. The number of benzene rings is 2. The number of carbonyl (C=O) groups excluding carboxylic acids is 1. The van der Waals surface area contributed by atoms with E-state index in [-0.39, 0.29) is 22.7 Å². The van der Waals surface area contributed by atoms with Gasteiger partial charge >= 0.3 is 6.36 Å². The molecular formula is C19H15F3N2O4S2. The van der Waals surface area contributed by atoms with E-state index in [1.54, 1.807) is 12.1 Å². The number of ether oxygens (including phenoxy) is 1. The van der Waals surface area contributed by atoms with E-state index in [0.29, 0.717) is 0 Å². The molecule has 0 radical (unpaired) electrons. The summed E-state index contributed by atoms with van der Waals surface area (Å²) < 4.78 is 68.2. The molecule has 1 amide bonds. The van der Waals surface area contributed by atoms with E-state index in [1.807, 2.05) is 5.38 Å². The van der Waals surface area contributed by atoms with E-state index in [9.17, 15) is 26.4 Å². The number of hydrogen-bond acceptors (Lipinski definition) is 5. The Balaban J connectivity index is 1.72. The Bertz CT molecular complexity index is 1130. The number of carbonyl (C=O) groups is 1. The van der Waals surface area contributed by atoms with Crippen molar-refractivity contribution in [1.82, 2.24) is 4.72 Å². The highest BCUT2D eigenvalue weighted by atomic mass is 32.2. The zero-order valence-corrected chi connectivity index (χ0v) is 16.8. The molecule has 0 fully saturated rings. The minimum absolute atomic E-state index is 0.0242. The van der Waals surface area contributed by atoms with Crippen molar-refractivity contribution in [2.75, 3.05) is 5.32 Å². The van der Waals surface area contributed by atoms with Crippen LogP contribution in [0.15, 0.2) is 70.9 Å². The Morgan fingerprint density at radius 3 is 2.50 bits per heavy atom. The summed E-state index contributed by atoms with van der Waals surface area (Å²) in [4.78, 5) is 13.2. The summed E-state index contributed by atoms with van der Waals surface area (Å²) in [5, 5.41) is 4.24. The van der Waals surface area contributed by atoms with E-state index in [4.69, 9.17) is 0 Å². The Hall–Kier alpha value is -2.89. The molecule has 2 aromatic carbocycles. The number of hydrogen-bond donors (Lipinski definition) is 2. The zero-order valence-electron chi connectivity index (χ0n) is 15.1. The first-order valence-electron chi connectivity index (χ1n) is 8.42. The number of alkyl halides is 3. The maximum absolute atomic E-state index is 12.5. The molecule has 0 spiro atoms. The van der Waals surface area contributed by atoms with Crippen molar-refractivity contribution >= 4 is 33.0 Å². The molecule has 3 rings (SSSR count). The lowest BCUT2D eigenvalue weighted by Crippen LogP contribution is -2.23. The molecule has 6 nitrogen and oxygen atoms in total. The van der Waals surface area contributed by atoms with E-state index in [0.717, 1.165) is 17.0 Å². The molecule has 0 saturated heterocycles. The van der Waals surface area contributed by atoms with Crippen LogP contribution in [0.5, 0.6) is 5.75 Å². The minimum atomic E-state index is -4.86. The number of halogens is 3. The topological polar surface area (TPSA) is 84.5 Å². The highest BCUT2D eigenvalue weighted by molar-refractivity contribution is 7.89. The third-order valence-electron chi connectivity index (χ3n) is 3.75. The van der Waals surface area contributed by atoms with Crippen molar-refractivity contribution in [2.45, 2.75) is 17.8 Å². The van der Waals surface area contributed by atoms with Crippen molar-refractivity contribution in [3.63, 3.8) is 0 Å². The van der Waals surface area contributed by atoms with Crippen LogP contribution in [0.2, 0.25) is 0 Å². The second kappa shape index (κ2) is 8.86. The number of nitrogens with one attached hydrogen (secondary N) is 2. The van der Waals surface area contributed by atoms with Gasteiger partial charge in [0.05, 0.1) is 4.90 Å². The Kier molecular flexibility index (Phi) is 6.44. The number of thiophene rings is 1. The molecule has 1 aromatic heterocycles. The van der Waals surface area contributed by atoms with Crippen LogP contribution >= 0.6 is 11.3 Å². The first-order valence-corrected chi connectivity index (χ1v) is 10.8. The molecule has 0 aliphatic carbocycles. The van der Waals surface area contributed by atoms with Gasteiger partial charge in [-0.25, -0.2) is 13.1 Å². The minimum Gasteiger partial charge on any atom is -0.406 e. The largest absolute Gasteiger partial charge is 0.573 e. The quantitative estimate of drug-likeness (QED) is 0.553. The summed E-state index contributed by atoms with van der Waals surface area (Å²) in [6.45, 7) is 0.114. The summed E-state index contributed by atoms with van der Waals surface area (Å²) in [5.74, 6) is -1.18. The van der Waals surface area contributed by atoms with Crippen LogP contribution in [0.1, 0.15) is 15.2 Å². The third-order valence-corrected chi connectivity index (χ3v) is 6.02. The molecule has 2 N–H and O–H groups in total. The van der Waals surface area contributed by atoms with Crippen LogP contribution in [-0.4, -0.2) is 20.7 Å². The van der Waals surface area contributed by atoms with Gasteiger partial charge in [-0.05, 0) is 41.8 Å². The summed E-state index contributed by atoms with van der Waals surface area (Å²) in [6.07, 6.45) is -4.86. The Morgan fingerprint density at radius 2 is 1.80 bits per heavy atom. The van der Waals surface area contributed by atoms with Crippen molar-refractivity contribution in [3.8, 4) is 5.75 Å². The highest BCUT2D eigenvalue weighted by Crippen LogP contribution is 2.25. The summed E-state index contributed by atoms with van der Waals surface area (Å²) in [7, 11) is -3.86. The molecular weight excluding hydrogens is 441 g/mol. The average Bonchev–Trinajstić information content (AvgIpc) is 3.19. The van der Waals surface area contributed by atoms with Gasteiger partial charge in [0.1, 0.15) is 5.75 Å². The van der Waals surface area contributed by atoms with Gasteiger partial charge in [-0.3, -0.25) is 4.79 Å². The SMILES string of the molecule is O=C(Nc1cccc(OC(F)(F)F)c1)c1cccc(S(=O)(=O)NCc2cccs2)c1. The molecule has 158 valence electrons. The molecule has 3 aromatic rings. The predicted molar refractivity (Wildman–Crippen MR) is 106 cm³/mol. The second-order valence-electron chi connectivity index (χ2n) is 5.96. The monoisotopic (exact) mass is 456 g/mol. The summed E-state index contributed by atoms with van der Waals surface area (Å²) in [5.41, 5.74) is 0.0852. The smallest absolute Gasteiger partial charge is 0.406 e. The number of rotatable bonds is 7. The van der Waals surface area contributed by atoms with Crippen molar-refractivity contribution in [3.05, 3.63) is 76.5 Å². The van der Waals surface area contributed by atoms with Crippen molar-refractivity contribution in [1.29, 1.82) is 0 Å². The van der Waals surface area contributed by atoms with E-state index >= 15 is 0 Å². The highest BCUT2D eigenvalue weighted by Gasteiger charge is 2.31. The van der Waals surface area contributed by atoms with Crippen LogP contribution < -0.4 is 14.8 Å².